The number of nitro benzene ring substituents is 1. The molecule has 0 saturated carbocycles. The molecule has 20 heavy (non-hydrogen) atoms. The van der Waals surface area contributed by atoms with E-state index in [0.717, 1.165) is 12.1 Å². The van der Waals surface area contributed by atoms with Crippen LogP contribution in [0.15, 0.2) is 29.2 Å². The zero-order valence-corrected chi connectivity index (χ0v) is 11.9. The molecule has 0 aromatic heterocycles. The Morgan fingerprint density at radius 1 is 1.40 bits per heavy atom. The van der Waals surface area contributed by atoms with Crippen LogP contribution in [-0.4, -0.2) is 31.2 Å². The first kappa shape index (κ1) is 16.1. The molecule has 1 rings (SSSR count). The molecule has 1 aromatic rings. The summed E-state index contributed by atoms with van der Waals surface area (Å²) < 4.78 is 29.3. The first-order valence-corrected chi connectivity index (χ1v) is 7.48. The molecular formula is C12H15NO6S. The van der Waals surface area contributed by atoms with Gasteiger partial charge in [-0.3, -0.25) is 14.9 Å². The number of hydrogen-bond acceptors (Lipinski definition) is 6. The van der Waals surface area contributed by atoms with Crippen LogP contribution in [0.4, 0.5) is 5.69 Å². The van der Waals surface area contributed by atoms with E-state index in [-0.39, 0.29) is 17.9 Å². The molecule has 1 unspecified atom stereocenters. The van der Waals surface area contributed by atoms with Crippen LogP contribution in [0.25, 0.3) is 0 Å². The molecule has 1 aromatic carbocycles. The van der Waals surface area contributed by atoms with Crippen molar-refractivity contribution in [3.8, 4) is 0 Å². The van der Waals surface area contributed by atoms with Crippen molar-refractivity contribution in [2.24, 2.45) is 0 Å². The first-order chi connectivity index (χ1) is 9.30. The van der Waals surface area contributed by atoms with Gasteiger partial charge in [-0.2, -0.15) is 0 Å². The van der Waals surface area contributed by atoms with Crippen LogP contribution in [0.2, 0.25) is 0 Å². The summed E-state index contributed by atoms with van der Waals surface area (Å²) in [5.41, 5.74) is -0.497. The zero-order valence-electron chi connectivity index (χ0n) is 11.1. The van der Waals surface area contributed by atoms with E-state index in [2.05, 4.69) is 4.74 Å². The van der Waals surface area contributed by atoms with E-state index in [1.54, 1.807) is 6.92 Å². The van der Waals surface area contributed by atoms with Gasteiger partial charge >= 0.3 is 5.97 Å². The van der Waals surface area contributed by atoms with Gasteiger partial charge in [0.1, 0.15) is 4.90 Å². The third-order valence-corrected chi connectivity index (χ3v) is 4.84. The van der Waals surface area contributed by atoms with Gasteiger partial charge in [-0.05, 0) is 19.9 Å². The Hall–Kier alpha value is -1.96. The van der Waals surface area contributed by atoms with Crippen molar-refractivity contribution >= 4 is 21.5 Å². The maximum atomic E-state index is 12.3. The Labute approximate surface area is 116 Å². The van der Waals surface area contributed by atoms with E-state index in [4.69, 9.17) is 0 Å². The highest BCUT2D eigenvalue weighted by Crippen LogP contribution is 2.27. The average Bonchev–Trinajstić information content (AvgIpc) is 2.38. The summed E-state index contributed by atoms with van der Waals surface area (Å²) in [5.74, 6) is -0.651. The molecule has 0 N–H and O–H groups in total. The number of carbonyl (C=O) groups is 1. The van der Waals surface area contributed by atoms with E-state index in [1.165, 1.54) is 19.1 Å². The fourth-order valence-electron chi connectivity index (χ4n) is 1.63. The molecule has 7 nitrogen and oxygen atoms in total. The van der Waals surface area contributed by atoms with Crippen LogP contribution in [0.1, 0.15) is 20.3 Å². The number of esters is 1. The molecular weight excluding hydrogens is 286 g/mol. The number of nitrogens with zero attached hydrogens (tertiary/aromatic N) is 1. The Morgan fingerprint density at radius 3 is 2.55 bits per heavy atom. The fraction of sp³-hybridized carbons (Fsp3) is 0.417. The van der Waals surface area contributed by atoms with Crippen LogP contribution in [-0.2, 0) is 19.4 Å². The van der Waals surface area contributed by atoms with Gasteiger partial charge in [0.05, 0.1) is 23.2 Å². The molecule has 1 atom stereocenters. The van der Waals surface area contributed by atoms with Gasteiger partial charge in [0.25, 0.3) is 5.69 Å². The van der Waals surface area contributed by atoms with Crippen molar-refractivity contribution in [3.05, 3.63) is 34.4 Å². The lowest BCUT2D eigenvalue weighted by atomic mass is 10.3. The van der Waals surface area contributed by atoms with E-state index in [1.807, 2.05) is 0 Å². The summed E-state index contributed by atoms with van der Waals surface area (Å²) in [4.78, 5) is 21.0. The molecule has 0 aliphatic carbocycles. The summed E-state index contributed by atoms with van der Waals surface area (Å²) in [5, 5.41) is 9.77. The van der Waals surface area contributed by atoms with E-state index in [0.29, 0.717) is 0 Å². The monoisotopic (exact) mass is 301 g/mol. The van der Waals surface area contributed by atoms with Gasteiger partial charge in [0, 0.05) is 6.07 Å². The minimum Gasteiger partial charge on any atom is -0.466 e. The maximum Gasteiger partial charge on any atom is 0.307 e. The van der Waals surface area contributed by atoms with Crippen molar-refractivity contribution in [2.75, 3.05) is 6.61 Å². The van der Waals surface area contributed by atoms with Crippen molar-refractivity contribution in [1.82, 2.24) is 0 Å². The van der Waals surface area contributed by atoms with Crippen molar-refractivity contribution in [1.29, 1.82) is 0 Å². The lowest BCUT2D eigenvalue weighted by molar-refractivity contribution is -0.387. The summed E-state index contributed by atoms with van der Waals surface area (Å²) in [7, 11) is -3.97. The Kier molecular flexibility index (Phi) is 5.20. The molecule has 0 fully saturated rings. The Balaban J connectivity index is 3.11. The van der Waals surface area contributed by atoms with Gasteiger partial charge in [-0.15, -0.1) is 0 Å². The number of carbonyl (C=O) groups excluding carboxylic acids is 1. The number of rotatable bonds is 6. The largest absolute Gasteiger partial charge is 0.466 e. The molecule has 8 heteroatoms. The number of ether oxygens (including phenoxy) is 1. The summed E-state index contributed by atoms with van der Waals surface area (Å²) in [6.45, 7) is 3.08. The maximum absolute atomic E-state index is 12.3. The first-order valence-electron chi connectivity index (χ1n) is 5.93. The normalized spacial score (nSPS) is 12.7. The predicted molar refractivity (Wildman–Crippen MR) is 71.0 cm³/mol. The number of hydrogen-bond donors (Lipinski definition) is 0. The Bertz CT molecular complexity index is 610. The second-order valence-corrected chi connectivity index (χ2v) is 6.42. The SMILES string of the molecule is CCOC(=O)CC(C)S(=O)(=O)c1ccccc1[N+](=O)[O-]. The third kappa shape index (κ3) is 3.53. The minimum atomic E-state index is -3.97. The minimum absolute atomic E-state index is 0.150. The van der Waals surface area contributed by atoms with Crippen molar-refractivity contribution < 1.29 is 22.9 Å². The van der Waals surface area contributed by atoms with Crippen LogP contribution >= 0.6 is 0 Å². The number of para-hydroxylation sites is 1. The standard InChI is InChI=1S/C12H15NO6S/c1-3-19-12(14)8-9(2)20(17,18)11-7-5-4-6-10(11)13(15)16/h4-7,9H,3,8H2,1-2H3. The molecule has 0 aliphatic heterocycles. The summed E-state index contributed by atoms with van der Waals surface area (Å²) in [6, 6.07) is 5.06. The van der Waals surface area contributed by atoms with Crippen molar-refractivity contribution in [2.45, 2.75) is 30.4 Å². The molecule has 0 spiro atoms. The molecule has 0 amide bonds. The molecule has 0 saturated heterocycles. The van der Waals surface area contributed by atoms with Crippen LogP contribution in [0, 0.1) is 10.1 Å². The quantitative estimate of drug-likeness (QED) is 0.450. The topological polar surface area (TPSA) is 104 Å². The lowest BCUT2D eigenvalue weighted by Gasteiger charge is -2.12. The summed E-state index contributed by atoms with van der Waals surface area (Å²) >= 11 is 0. The number of benzene rings is 1. The van der Waals surface area contributed by atoms with Crippen molar-refractivity contribution in [3.63, 3.8) is 0 Å². The van der Waals surface area contributed by atoms with Gasteiger partial charge in [0.15, 0.2) is 9.84 Å². The smallest absolute Gasteiger partial charge is 0.307 e. The van der Waals surface area contributed by atoms with Gasteiger partial charge in [-0.1, -0.05) is 12.1 Å². The number of nitro groups is 1. The fourth-order valence-corrected chi connectivity index (χ4v) is 3.12. The van der Waals surface area contributed by atoms with Gasteiger partial charge in [-0.25, -0.2) is 8.42 Å². The van der Waals surface area contributed by atoms with Crippen LogP contribution in [0.5, 0.6) is 0 Å². The molecule has 110 valence electrons. The second kappa shape index (κ2) is 6.47. The highest BCUT2D eigenvalue weighted by molar-refractivity contribution is 7.92. The highest BCUT2D eigenvalue weighted by Gasteiger charge is 2.32. The van der Waals surface area contributed by atoms with Gasteiger partial charge in [0.2, 0.25) is 0 Å². The Morgan fingerprint density at radius 2 is 2.00 bits per heavy atom. The lowest BCUT2D eigenvalue weighted by Crippen LogP contribution is -2.23. The van der Waals surface area contributed by atoms with E-state index < -0.39 is 31.7 Å². The molecule has 0 radical (unpaired) electrons. The van der Waals surface area contributed by atoms with Gasteiger partial charge < -0.3 is 4.74 Å². The number of sulfone groups is 1. The van der Waals surface area contributed by atoms with Crippen LogP contribution in [0.3, 0.4) is 0 Å². The molecule has 0 heterocycles. The average molecular weight is 301 g/mol. The predicted octanol–water partition coefficient (Wildman–Crippen LogP) is 1.71. The second-order valence-electron chi connectivity index (χ2n) is 4.09. The molecule has 0 aliphatic rings. The summed E-state index contributed by atoms with van der Waals surface area (Å²) in [6.07, 6.45) is -0.345. The molecule has 0 bridgehead atoms. The van der Waals surface area contributed by atoms with Crippen LogP contribution < -0.4 is 0 Å². The van der Waals surface area contributed by atoms with E-state index in [9.17, 15) is 23.3 Å². The third-order valence-electron chi connectivity index (χ3n) is 2.66. The highest BCUT2D eigenvalue weighted by atomic mass is 32.2. The van der Waals surface area contributed by atoms with E-state index >= 15 is 0 Å². The zero-order chi connectivity index (χ0) is 15.3.